The first kappa shape index (κ1) is 19.6. The molecule has 0 aliphatic heterocycles. The topological polar surface area (TPSA) is 49.7 Å². The zero-order chi connectivity index (χ0) is 15.8. The summed E-state index contributed by atoms with van der Waals surface area (Å²) in [5.74, 6) is 0.420. The summed E-state index contributed by atoms with van der Waals surface area (Å²) < 4.78 is 5.63. The second kappa shape index (κ2) is 9.62. The molecule has 1 aliphatic carbocycles. The van der Waals surface area contributed by atoms with E-state index in [1.165, 1.54) is 51.4 Å². The van der Waals surface area contributed by atoms with Crippen LogP contribution in [-0.4, -0.2) is 15.4 Å². The normalized spacial score (nSPS) is 20.4. The van der Waals surface area contributed by atoms with Crippen LogP contribution in [0.3, 0.4) is 0 Å². The van der Waals surface area contributed by atoms with Crippen molar-refractivity contribution >= 4 is 18.5 Å². The molecule has 0 bridgehead atoms. The summed E-state index contributed by atoms with van der Waals surface area (Å²) in [6.45, 7) is 0.683. The Morgan fingerprint density at radius 1 is 1.05 bits per heavy atom. The third kappa shape index (κ3) is 8.08. The largest absolute Gasteiger partial charge is 0.325 e. The van der Waals surface area contributed by atoms with Crippen molar-refractivity contribution < 1.29 is 14.3 Å². The van der Waals surface area contributed by atoms with E-state index in [0.717, 1.165) is 25.7 Å². The van der Waals surface area contributed by atoms with Gasteiger partial charge < -0.3 is 14.3 Å². The van der Waals surface area contributed by atoms with Crippen LogP contribution < -0.4 is 0 Å². The fourth-order valence-corrected chi connectivity index (χ4v) is 4.86. The number of rotatable bonds is 10. The second-order valence-corrected chi connectivity index (χ2v) is 9.34. The van der Waals surface area contributed by atoms with Crippen molar-refractivity contribution in [1.29, 1.82) is 0 Å². The van der Waals surface area contributed by atoms with Gasteiger partial charge in [0.05, 0.1) is 5.60 Å². The van der Waals surface area contributed by atoms with Crippen LogP contribution in [-0.2, 0) is 16.3 Å². The summed E-state index contributed by atoms with van der Waals surface area (Å²) in [5, 5.41) is 0. The van der Waals surface area contributed by atoms with Crippen molar-refractivity contribution in [3.63, 3.8) is 0 Å². The zero-order valence-corrected chi connectivity index (χ0v) is 15.4. The Kier molecular flexibility index (Phi) is 8.97. The quantitative estimate of drug-likeness (QED) is 0.420. The van der Waals surface area contributed by atoms with Gasteiger partial charge in [-0.25, -0.2) is 0 Å². The predicted molar refractivity (Wildman–Crippen MR) is 92.8 cm³/mol. The first-order chi connectivity index (χ1) is 9.87. The molecule has 0 heterocycles. The van der Waals surface area contributed by atoms with Gasteiger partial charge in [-0.3, -0.25) is 0 Å². The van der Waals surface area contributed by atoms with Gasteiger partial charge >= 0.3 is 6.72 Å². The van der Waals surface area contributed by atoms with E-state index >= 15 is 0 Å². The van der Waals surface area contributed by atoms with E-state index in [4.69, 9.17) is 16.3 Å². The van der Waals surface area contributed by atoms with Gasteiger partial charge in [-0.1, -0.05) is 64.7 Å². The SMILES string of the molecule is CCCCCCCCC(C)(OP(O)(O)=S)C1CCCCC1. The molecule has 0 aromatic carbocycles. The zero-order valence-electron chi connectivity index (χ0n) is 13.7. The average Bonchev–Trinajstić information content (AvgIpc) is 2.42. The van der Waals surface area contributed by atoms with Crippen LogP contribution in [0.15, 0.2) is 0 Å². The molecule has 2 N–H and O–H groups in total. The summed E-state index contributed by atoms with van der Waals surface area (Å²) in [6, 6.07) is 0. The van der Waals surface area contributed by atoms with Crippen LogP contribution >= 0.6 is 6.72 Å². The Hall–Kier alpha value is 0.530. The Bertz CT molecular complexity index is 325. The fraction of sp³-hybridized carbons (Fsp3) is 1.00. The average molecular weight is 336 g/mol. The predicted octanol–water partition coefficient (Wildman–Crippen LogP) is 5.30. The molecule has 0 aromatic heterocycles. The van der Waals surface area contributed by atoms with Crippen molar-refractivity contribution in [2.24, 2.45) is 5.92 Å². The van der Waals surface area contributed by atoms with E-state index in [1.54, 1.807) is 0 Å². The highest BCUT2D eigenvalue weighted by Crippen LogP contribution is 2.49. The third-order valence-corrected chi connectivity index (χ3v) is 5.70. The monoisotopic (exact) mass is 336 g/mol. The minimum absolute atomic E-state index is 0.420. The molecule has 1 rings (SSSR count). The molecule has 1 saturated carbocycles. The molecule has 0 radical (unpaired) electrons. The highest BCUT2D eigenvalue weighted by atomic mass is 32.5. The number of unbranched alkanes of at least 4 members (excludes halogenated alkanes) is 5. The molecule has 0 amide bonds. The molecule has 0 saturated heterocycles. The van der Waals surface area contributed by atoms with Crippen LogP contribution in [0.5, 0.6) is 0 Å². The molecule has 1 aliphatic rings. The third-order valence-electron chi connectivity index (χ3n) is 4.82. The van der Waals surface area contributed by atoms with E-state index in [1.807, 2.05) is 6.92 Å². The van der Waals surface area contributed by atoms with Crippen molar-refractivity contribution in [3.05, 3.63) is 0 Å². The first-order valence-electron chi connectivity index (χ1n) is 8.64. The Balaban J connectivity index is 2.49. The molecule has 1 unspecified atom stereocenters. The molecule has 0 spiro atoms. The van der Waals surface area contributed by atoms with Gasteiger partial charge in [0, 0.05) is 0 Å². The first-order valence-corrected chi connectivity index (χ1v) is 11.3. The number of hydrogen-bond acceptors (Lipinski definition) is 2. The maximum atomic E-state index is 9.62. The van der Waals surface area contributed by atoms with E-state index in [-0.39, 0.29) is 0 Å². The summed E-state index contributed by atoms with van der Waals surface area (Å²) in [6.07, 6.45) is 14.3. The maximum absolute atomic E-state index is 9.62. The van der Waals surface area contributed by atoms with E-state index in [9.17, 15) is 9.79 Å². The van der Waals surface area contributed by atoms with Gasteiger partial charge in [0.25, 0.3) is 0 Å². The maximum Gasteiger partial charge on any atom is 0.322 e. The standard InChI is InChI=1S/C16H33O3PS/c1-3-4-5-6-7-11-14-16(2,19-20(17,18)21)15-12-9-8-10-13-15/h15H,3-14H2,1-2H3,(H2,17,18,21). The molecule has 1 fully saturated rings. The molecule has 1 atom stereocenters. The van der Waals surface area contributed by atoms with Crippen molar-refractivity contribution in [3.8, 4) is 0 Å². The lowest BCUT2D eigenvalue weighted by Crippen LogP contribution is -2.38. The Morgan fingerprint density at radius 3 is 2.19 bits per heavy atom. The van der Waals surface area contributed by atoms with Gasteiger partial charge in [0.2, 0.25) is 0 Å². The van der Waals surface area contributed by atoms with Gasteiger partial charge in [0.15, 0.2) is 0 Å². The molecule has 21 heavy (non-hydrogen) atoms. The summed E-state index contributed by atoms with van der Waals surface area (Å²) in [7, 11) is 0. The lowest BCUT2D eigenvalue weighted by atomic mass is 9.75. The van der Waals surface area contributed by atoms with Crippen LogP contribution in [0.1, 0.15) is 90.9 Å². The summed E-state index contributed by atoms with van der Waals surface area (Å²) >= 11 is 4.74. The van der Waals surface area contributed by atoms with Crippen LogP contribution in [0.25, 0.3) is 0 Å². The van der Waals surface area contributed by atoms with E-state index in [0.29, 0.717) is 5.92 Å². The highest BCUT2D eigenvalue weighted by molar-refractivity contribution is 8.06. The van der Waals surface area contributed by atoms with Crippen molar-refractivity contribution in [2.45, 2.75) is 96.5 Å². The van der Waals surface area contributed by atoms with Gasteiger partial charge in [0.1, 0.15) is 0 Å². The molecular weight excluding hydrogens is 303 g/mol. The lowest BCUT2D eigenvalue weighted by Gasteiger charge is -2.40. The van der Waals surface area contributed by atoms with Crippen LogP contribution in [0.4, 0.5) is 0 Å². The smallest absolute Gasteiger partial charge is 0.322 e. The van der Waals surface area contributed by atoms with Crippen molar-refractivity contribution in [2.75, 3.05) is 0 Å². The van der Waals surface area contributed by atoms with Gasteiger partial charge in [-0.2, -0.15) is 0 Å². The van der Waals surface area contributed by atoms with Gasteiger partial charge in [-0.05, 0) is 43.9 Å². The Labute approximate surface area is 135 Å². The minimum Gasteiger partial charge on any atom is -0.325 e. The molecule has 0 aromatic rings. The second-order valence-electron chi connectivity index (χ2n) is 6.75. The Morgan fingerprint density at radius 2 is 1.62 bits per heavy atom. The van der Waals surface area contributed by atoms with Crippen molar-refractivity contribution in [1.82, 2.24) is 0 Å². The van der Waals surface area contributed by atoms with Crippen LogP contribution in [0.2, 0.25) is 0 Å². The minimum atomic E-state index is -3.59. The number of hydrogen-bond donors (Lipinski definition) is 2. The van der Waals surface area contributed by atoms with E-state index < -0.39 is 12.3 Å². The molecule has 126 valence electrons. The van der Waals surface area contributed by atoms with Crippen LogP contribution in [0, 0.1) is 5.92 Å². The molecule has 5 heteroatoms. The summed E-state index contributed by atoms with van der Waals surface area (Å²) in [5.41, 5.74) is -0.454. The fourth-order valence-electron chi connectivity index (χ4n) is 3.57. The van der Waals surface area contributed by atoms with Gasteiger partial charge in [-0.15, -0.1) is 0 Å². The molecular formula is C16H33O3PS. The van der Waals surface area contributed by atoms with E-state index in [2.05, 4.69) is 6.92 Å². The highest BCUT2D eigenvalue weighted by Gasteiger charge is 2.38. The molecule has 3 nitrogen and oxygen atoms in total. The summed E-state index contributed by atoms with van der Waals surface area (Å²) in [4.78, 5) is 19.2. The lowest BCUT2D eigenvalue weighted by molar-refractivity contribution is -0.0113.